The van der Waals surface area contributed by atoms with E-state index in [9.17, 15) is 4.79 Å². The van der Waals surface area contributed by atoms with Crippen LogP contribution in [-0.2, 0) is 4.74 Å². The first-order chi connectivity index (χ1) is 10.4. The van der Waals surface area contributed by atoms with Crippen molar-refractivity contribution in [2.45, 2.75) is 26.4 Å². The van der Waals surface area contributed by atoms with E-state index in [4.69, 9.17) is 9.47 Å². The summed E-state index contributed by atoms with van der Waals surface area (Å²) >= 11 is 3.57. The Balaban J connectivity index is 1.88. The molecule has 2 aromatic rings. The molecular weight excluding hydrogens is 346 g/mol. The first-order valence-electron chi connectivity index (χ1n) is 7.14. The quantitative estimate of drug-likeness (QED) is 0.811. The summed E-state index contributed by atoms with van der Waals surface area (Å²) in [6, 6.07) is 12.0. The molecule has 118 valence electrons. The summed E-state index contributed by atoms with van der Waals surface area (Å²) < 4.78 is 11.8. The van der Waals surface area contributed by atoms with Crippen LogP contribution in [0.5, 0.6) is 5.75 Å². The van der Waals surface area contributed by atoms with Crippen LogP contribution in [0.3, 0.4) is 0 Å². The number of halogens is 1. The lowest BCUT2D eigenvalue weighted by atomic mass is 10.1. The van der Waals surface area contributed by atoms with Crippen LogP contribution >= 0.6 is 15.9 Å². The van der Waals surface area contributed by atoms with Gasteiger partial charge in [0.2, 0.25) is 0 Å². The highest BCUT2D eigenvalue weighted by Crippen LogP contribution is 2.32. The van der Waals surface area contributed by atoms with Crippen LogP contribution in [0.4, 0.5) is 4.79 Å². The van der Waals surface area contributed by atoms with Crippen LogP contribution in [0.1, 0.15) is 20.8 Å². The smallest absolute Gasteiger partial charge is 0.407 e. The van der Waals surface area contributed by atoms with Crippen LogP contribution in [0.25, 0.3) is 10.8 Å². The third-order valence-electron chi connectivity index (χ3n) is 2.86. The second-order valence-corrected chi connectivity index (χ2v) is 6.67. The van der Waals surface area contributed by atoms with Crippen molar-refractivity contribution in [1.82, 2.24) is 5.32 Å². The summed E-state index contributed by atoms with van der Waals surface area (Å²) in [7, 11) is 0. The zero-order valence-corrected chi connectivity index (χ0v) is 14.6. The number of carbonyl (C=O) groups excluding carboxylic acids is 1. The van der Waals surface area contributed by atoms with E-state index in [0.717, 1.165) is 21.0 Å². The van der Waals surface area contributed by atoms with Gasteiger partial charge in [-0.3, -0.25) is 0 Å². The zero-order chi connectivity index (χ0) is 16.2. The predicted octanol–water partition coefficient (Wildman–Crippen LogP) is 4.51. The molecule has 0 heterocycles. The van der Waals surface area contributed by atoms with Crippen LogP contribution in [0.15, 0.2) is 40.9 Å². The Morgan fingerprint density at radius 1 is 1.18 bits per heavy atom. The maximum Gasteiger partial charge on any atom is 0.407 e. The Morgan fingerprint density at radius 2 is 1.91 bits per heavy atom. The van der Waals surface area contributed by atoms with Gasteiger partial charge in [0.25, 0.3) is 0 Å². The van der Waals surface area contributed by atoms with Crippen molar-refractivity contribution >= 4 is 32.8 Å². The van der Waals surface area contributed by atoms with E-state index < -0.39 is 11.7 Å². The fourth-order valence-electron chi connectivity index (χ4n) is 1.95. The van der Waals surface area contributed by atoms with Gasteiger partial charge in [0.15, 0.2) is 0 Å². The van der Waals surface area contributed by atoms with Crippen molar-refractivity contribution in [3.8, 4) is 5.75 Å². The molecule has 0 aromatic heterocycles. The largest absolute Gasteiger partial charge is 0.491 e. The van der Waals surface area contributed by atoms with Gasteiger partial charge in [0, 0.05) is 0 Å². The van der Waals surface area contributed by atoms with Gasteiger partial charge in [-0.15, -0.1) is 0 Å². The van der Waals surface area contributed by atoms with Crippen molar-refractivity contribution < 1.29 is 14.3 Å². The van der Waals surface area contributed by atoms with Gasteiger partial charge in [-0.2, -0.15) is 0 Å². The zero-order valence-electron chi connectivity index (χ0n) is 13.0. The molecule has 0 aliphatic heterocycles. The number of hydrogen-bond acceptors (Lipinski definition) is 3. The summed E-state index contributed by atoms with van der Waals surface area (Å²) in [5, 5.41) is 4.91. The van der Waals surface area contributed by atoms with Gasteiger partial charge in [0.05, 0.1) is 11.0 Å². The second kappa shape index (κ2) is 7.01. The van der Waals surface area contributed by atoms with Gasteiger partial charge in [-0.05, 0) is 53.5 Å². The van der Waals surface area contributed by atoms with Crippen LogP contribution in [0, 0.1) is 0 Å². The topological polar surface area (TPSA) is 47.6 Å². The standard InChI is InChI=1S/C17H20BrNO3/c1-17(2,3)22-16(20)19-10-11-21-14-9-8-12-6-4-5-7-13(12)15(14)18/h4-9H,10-11H2,1-3H3,(H,19,20). The highest BCUT2D eigenvalue weighted by molar-refractivity contribution is 9.10. The molecule has 1 amide bonds. The Bertz CT molecular complexity index is 664. The first-order valence-corrected chi connectivity index (χ1v) is 7.93. The van der Waals surface area contributed by atoms with Crippen molar-refractivity contribution in [1.29, 1.82) is 0 Å². The van der Waals surface area contributed by atoms with Crippen molar-refractivity contribution in [3.05, 3.63) is 40.9 Å². The Morgan fingerprint density at radius 3 is 2.64 bits per heavy atom. The Kier molecular flexibility index (Phi) is 5.29. The number of alkyl carbamates (subject to hydrolysis) is 1. The molecule has 2 rings (SSSR count). The number of fused-ring (bicyclic) bond motifs is 1. The lowest BCUT2D eigenvalue weighted by molar-refractivity contribution is 0.0520. The Hall–Kier alpha value is -1.75. The Labute approximate surface area is 138 Å². The number of nitrogens with one attached hydrogen (secondary N) is 1. The summed E-state index contributed by atoms with van der Waals surface area (Å²) in [4.78, 5) is 11.5. The van der Waals surface area contributed by atoms with Gasteiger partial charge < -0.3 is 14.8 Å². The molecule has 0 saturated carbocycles. The third kappa shape index (κ3) is 4.63. The van der Waals surface area contributed by atoms with E-state index in [-0.39, 0.29) is 0 Å². The third-order valence-corrected chi connectivity index (χ3v) is 3.67. The summed E-state index contributed by atoms with van der Waals surface area (Å²) in [6.07, 6.45) is -0.436. The van der Waals surface area contributed by atoms with Gasteiger partial charge in [-0.1, -0.05) is 30.3 Å². The minimum absolute atomic E-state index is 0.371. The molecule has 0 unspecified atom stereocenters. The molecule has 0 fully saturated rings. The van der Waals surface area contributed by atoms with E-state index in [1.54, 1.807) is 0 Å². The van der Waals surface area contributed by atoms with E-state index >= 15 is 0 Å². The average Bonchev–Trinajstić information content (AvgIpc) is 2.44. The summed E-state index contributed by atoms with van der Waals surface area (Å²) in [6.45, 7) is 6.24. The molecule has 5 heteroatoms. The highest BCUT2D eigenvalue weighted by atomic mass is 79.9. The van der Waals surface area contributed by atoms with E-state index in [0.29, 0.717) is 13.2 Å². The van der Waals surface area contributed by atoms with Crippen LogP contribution < -0.4 is 10.1 Å². The molecule has 22 heavy (non-hydrogen) atoms. The molecule has 0 aliphatic rings. The lowest BCUT2D eigenvalue weighted by Crippen LogP contribution is -2.34. The molecule has 0 saturated heterocycles. The van der Waals surface area contributed by atoms with Crippen molar-refractivity contribution in [3.63, 3.8) is 0 Å². The fourth-order valence-corrected chi connectivity index (χ4v) is 2.56. The molecule has 2 aromatic carbocycles. The van der Waals surface area contributed by atoms with E-state index in [1.807, 2.05) is 57.2 Å². The van der Waals surface area contributed by atoms with Gasteiger partial charge in [0.1, 0.15) is 18.0 Å². The normalized spacial score (nSPS) is 11.3. The number of amides is 1. The van der Waals surface area contributed by atoms with Crippen molar-refractivity contribution in [2.75, 3.05) is 13.2 Å². The number of rotatable bonds is 4. The average molecular weight is 366 g/mol. The van der Waals surface area contributed by atoms with E-state index in [1.165, 1.54) is 0 Å². The fraction of sp³-hybridized carbons (Fsp3) is 0.353. The number of hydrogen-bond donors (Lipinski definition) is 1. The molecule has 0 radical (unpaired) electrons. The summed E-state index contributed by atoms with van der Waals surface area (Å²) in [5.41, 5.74) is -0.494. The molecule has 0 aliphatic carbocycles. The SMILES string of the molecule is CC(C)(C)OC(=O)NCCOc1ccc2ccccc2c1Br. The number of ether oxygens (including phenoxy) is 2. The molecular formula is C17H20BrNO3. The maximum absolute atomic E-state index is 11.5. The monoisotopic (exact) mass is 365 g/mol. The minimum Gasteiger partial charge on any atom is -0.491 e. The molecule has 4 nitrogen and oxygen atoms in total. The van der Waals surface area contributed by atoms with Gasteiger partial charge in [-0.25, -0.2) is 4.79 Å². The van der Waals surface area contributed by atoms with Gasteiger partial charge >= 0.3 is 6.09 Å². The van der Waals surface area contributed by atoms with Crippen LogP contribution in [0.2, 0.25) is 0 Å². The minimum atomic E-state index is -0.494. The predicted molar refractivity (Wildman–Crippen MR) is 91.4 cm³/mol. The number of carbonyl (C=O) groups is 1. The van der Waals surface area contributed by atoms with Crippen LogP contribution in [-0.4, -0.2) is 24.8 Å². The molecule has 1 N–H and O–H groups in total. The molecule has 0 spiro atoms. The second-order valence-electron chi connectivity index (χ2n) is 5.88. The molecule has 0 bridgehead atoms. The summed E-state index contributed by atoms with van der Waals surface area (Å²) in [5.74, 6) is 0.754. The maximum atomic E-state index is 11.5. The first kappa shape index (κ1) is 16.6. The van der Waals surface area contributed by atoms with E-state index in [2.05, 4.69) is 21.2 Å². The highest BCUT2D eigenvalue weighted by Gasteiger charge is 2.15. The molecule has 0 atom stereocenters. The lowest BCUT2D eigenvalue weighted by Gasteiger charge is -2.19. The van der Waals surface area contributed by atoms with Crippen molar-refractivity contribution in [2.24, 2.45) is 0 Å². The number of benzene rings is 2.